The molecule has 0 unspecified atom stereocenters. The van der Waals surface area contributed by atoms with E-state index in [0.717, 1.165) is 48.4 Å². The van der Waals surface area contributed by atoms with Crippen LogP contribution in [0.1, 0.15) is 0 Å². The molecule has 1 saturated heterocycles. The van der Waals surface area contributed by atoms with Crippen molar-refractivity contribution >= 4 is 40.3 Å². The highest BCUT2D eigenvalue weighted by Crippen LogP contribution is 2.35. The third-order valence-corrected chi connectivity index (χ3v) is 5.51. The first-order chi connectivity index (χ1) is 15.1. The highest BCUT2D eigenvalue weighted by Gasteiger charge is 2.22. The van der Waals surface area contributed by atoms with Crippen LogP contribution in [0.2, 0.25) is 5.02 Å². The number of nitrogens with zero attached hydrogens (tertiary/aromatic N) is 4. The van der Waals surface area contributed by atoms with Crippen LogP contribution in [0.25, 0.3) is 0 Å². The Bertz CT molecular complexity index is 1060. The smallest absolute Gasteiger partial charge is 0.159 e. The molecule has 1 fully saturated rings. The lowest BCUT2D eigenvalue weighted by atomic mass is 10.2. The number of nitrogen functional groups attached to an aromatic ring is 1. The first kappa shape index (κ1) is 20.9. The summed E-state index contributed by atoms with van der Waals surface area (Å²) in [5.74, 6) is 2.59. The predicted molar refractivity (Wildman–Crippen MR) is 125 cm³/mol. The summed E-state index contributed by atoms with van der Waals surface area (Å²) in [5, 5.41) is 4.00. The van der Waals surface area contributed by atoms with E-state index in [1.54, 1.807) is 20.3 Å². The van der Waals surface area contributed by atoms with Gasteiger partial charge in [0.1, 0.15) is 23.5 Å². The number of piperazine rings is 1. The molecule has 2 aromatic carbocycles. The SMILES string of the molecule is COc1ccc(Nc2ncnc(N3CCN(c4cccc(Cl)c4)CC3)c2N)c(OC)c1. The number of ether oxygens (including phenoxy) is 2. The van der Waals surface area contributed by atoms with Crippen molar-refractivity contribution in [3.63, 3.8) is 0 Å². The van der Waals surface area contributed by atoms with Crippen LogP contribution in [0.5, 0.6) is 11.5 Å². The number of rotatable bonds is 6. The van der Waals surface area contributed by atoms with Gasteiger partial charge in [-0.15, -0.1) is 0 Å². The Hall–Kier alpha value is -3.39. The molecule has 3 aromatic rings. The number of methoxy groups -OCH3 is 2. The van der Waals surface area contributed by atoms with E-state index in [1.807, 2.05) is 30.3 Å². The maximum atomic E-state index is 6.45. The molecule has 0 saturated carbocycles. The van der Waals surface area contributed by atoms with Gasteiger partial charge in [-0.1, -0.05) is 17.7 Å². The molecular formula is C22H25ClN6O2. The second kappa shape index (κ2) is 9.18. The fourth-order valence-corrected chi connectivity index (χ4v) is 3.80. The number of anilines is 5. The monoisotopic (exact) mass is 440 g/mol. The molecule has 0 atom stereocenters. The van der Waals surface area contributed by atoms with Crippen molar-refractivity contribution in [3.05, 3.63) is 53.8 Å². The molecule has 0 spiro atoms. The van der Waals surface area contributed by atoms with Crippen LogP contribution < -0.4 is 30.3 Å². The summed E-state index contributed by atoms with van der Waals surface area (Å²) >= 11 is 6.14. The van der Waals surface area contributed by atoms with Gasteiger partial charge in [-0.3, -0.25) is 0 Å². The van der Waals surface area contributed by atoms with Gasteiger partial charge in [-0.2, -0.15) is 0 Å². The van der Waals surface area contributed by atoms with Crippen LogP contribution >= 0.6 is 11.6 Å². The maximum Gasteiger partial charge on any atom is 0.159 e. The minimum Gasteiger partial charge on any atom is -0.497 e. The van der Waals surface area contributed by atoms with Crippen molar-refractivity contribution in [2.24, 2.45) is 0 Å². The molecule has 4 rings (SSSR count). The van der Waals surface area contributed by atoms with Crippen LogP contribution in [0.4, 0.5) is 28.7 Å². The minimum atomic E-state index is 0.497. The first-order valence-corrected chi connectivity index (χ1v) is 10.3. The van der Waals surface area contributed by atoms with Crippen molar-refractivity contribution in [3.8, 4) is 11.5 Å². The normalized spacial score (nSPS) is 13.8. The van der Waals surface area contributed by atoms with Crippen molar-refractivity contribution in [2.75, 3.05) is 61.2 Å². The van der Waals surface area contributed by atoms with Crippen LogP contribution in [0.3, 0.4) is 0 Å². The van der Waals surface area contributed by atoms with Gasteiger partial charge in [0.15, 0.2) is 11.6 Å². The number of benzene rings is 2. The molecule has 0 radical (unpaired) electrons. The van der Waals surface area contributed by atoms with E-state index in [-0.39, 0.29) is 0 Å². The van der Waals surface area contributed by atoms with E-state index in [4.69, 9.17) is 26.8 Å². The van der Waals surface area contributed by atoms with Crippen LogP contribution in [0, 0.1) is 0 Å². The Labute approximate surface area is 186 Å². The first-order valence-electron chi connectivity index (χ1n) is 9.94. The standard InChI is InChI=1S/C22H25ClN6O2/c1-30-17-6-7-18(19(13-17)31-2)27-21-20(24)22(26-14-25-21)29-10-8-28(9-11-29)16-5-3-4-15(23)12-16/h3-7,12-14H,8-11,24H2,1-2H3,(H,25,26,27). The fourth-order valence-electron chi connectivity index (χ4n) is 3.62. The molecule has 1 aromatic heterocycles. The van der Waals surface area contributed by atoms with E-state index in [1.165, 1.54) is 6.33 Å². The lowest BCUT2D eigenvalue weighted by Gasteiger charge is -2.37. The second-order valence-corrected chi connectivity index (χ2v) is 7.54. The molecule has 31 heavy (non-hydrogen) atoms. The molecule has 9 heteroatoms. The number of halogens is 1. The topological polar surface area (TPSA) is 88.8 Å². The predicted octanol–water partition coefficient (Wildman–Crippen LogP) is 3.80. The van der Waals surface area contributed by atoms with E-state index in [2.05, 4.69) is 31.2 Å². The zero-order valence-electron chi connectivity index (χ0n) is 17.5. The molecule has 0 bridgehead atoms. The Kier molecular flexibility index (Phi) is 6.18. The van der Waals surface area contributed by atoms with Crippen LogP contribution in [-0.2, 0) is 0 Å². The Balaban J connectivity index is 1.50. The van der Waals surface area contributed by atoms with Gasteiger partial charge in [0, 0.05) is 43.0 Å². The summed E-state index contributed by atoms with van der Waals surface area (Å²) in [6.45, 7) is 3.27. The summed E-state index contributed by atoms with van der Waals surface area (Å²) < 4.78 is 10.7. The van der Waals surface area contributed by atoms with E-state index in [9.17, 15) is 0 Å². The summed E-state index contributed by atoms with van der Waals surface area (Å²) in [5.41, 5.74) is 8.81. The van der Waals surface area contributed by atoms with Gasteiger partial charge in [-0.25, -0.2) is 9.97 Å². The summed E-state index contributed by atoms with van der Waals surface area (Å²) in [7, 11) is 3.22. The van der Waals surface area contributed by atoms with Crippen LogP contribution in [-0.4, -0.2) is 50.4 Å². The van der Waals surface area contributed by atoms with Gasteiger partial charge in [-0.05, 0) is 30.3 Å². The van der Waals surface area contributed by atoms with E-state index in [0.29, 0.717) is 23.0 Å². The third kappa shape index (κ3) is 4.54. The molecule has 1 aliphatic heterocycles. The van der Waals surface area contributed by atoms with Crippen molar-refractivity contribution in [2.45, 2.75) is 0 Å². The number of nitrogens with one attached hydrogen (secondary N) is 1. The number of hydrogen-bond acceptors (Lipinski definition) is 8. The zero-order chi connectivity index (χ0) is 21.8. The largest absolute Gasteiger partial charge is 0.497 e. The van der Waals surface area contributed by atoms with Gasteiger partial charge in [0.2, 0.25) is 0 Å². The third-order valence-electron chi connectivity index (χ3n) is 5.28. The summed E-state index contributed by atoms with van der Waals surface area (Å²) in [6, 6.07) is 13.4. The Morgan fingerprint density at radius 2 is 1.74 bits per heavy atom. The number of nitrogens with two attached hydrogens (primary N) is 1. The quantitative estimate of drug-likeness (QED) is 0.598. The average Bonchev–Trinajstić information content (AvgIpc) is 2.81. The van der Waals surface area contributed by atoms with Gasteiger partial charge in [0.25, 0.3) is 0 Å². The molecule has 8 nitrogen and oxygen atoms in total. The molecule has 0 amide bonds. The molecule has 3 N–H and O–H groups in total. The highest BCUT2D eigenvalue weighted by atomic mass is 35.5. The van der Waals surface area contributed by atoms with Gasteiger partial charge in [0.05, 0.1) is 19.9 Å². The molecule has 0 aliphatic carbocycles. The van der Waals surface area contributed by atoms with Gasteiger partial charge < -0.3 is 30.3 Å². The summed E-state index contributed by atoms with van der Waals surface area (Å²) in [4.78, 5) is 13.3. The van der Waals surface area contributed by atoms with E-state index >= 15 is 0 Å². The lowest BCUT2D eigenvalue weighted by molar-refractivity contribution is 0.395. The molecule has 1 aliphatic rings. The zero-order valence-corrected chi connectivity index (χ0v) is 18.3. The van der Waals surface area contributed by atoms with Gasteiger partial charge >= 0.3 is 0 Å². The fraction of sp³-hybridized carbons (Fsp3) is 0.273. The minimum absolute atomic E-state index is 0.497. The Morgan fingerprint density at radius 1 is 0.968 bits per heavy atom. The maximum absolute atomic E-state index is 6.45. The average molecular weight is 441 g/mol. The molecule has 2 heterocycles. The number of aromatic nitrogens is 2. The highest BCUT2D eigenvalue weighted by molar-refractivity contribution is 6.30. The second-order valence-electron chi connectivity index (χ2n) is 7.10. The van der Waals surface area contributed by atoms with Crippen molar-refractivity contribution in [1.82, 2.24) is 9.97 Å². The summed E-state index contributed by atoms with van der Waals surface area (Å²) in [6.07, 6.45) is 1.52. The Morgan fingerprint density at radius 3 is 2.45 bits per heavy atom. The van der Waals surface area contributed by atoms with Crippen molar-refractivity contribution in [1.29, 1.82) is 0 Å². The number of hydrogen-bond donors (Lipinski definition) is 2. The molecule has 162 valence electrons. The lowest BCUT2D eigenvalue weighted by Crippen LogP contribution is -2.47. The van der Waals surface area contributed by atoms with E-state index < -0.39 is 0 Å². The molecular weight excluding hydrogens is 416 g/mol. The van der Waals surface area contributed by atoms with Crippen LogP contribution in [0.15, 0.2) is 48.8 Å². The van der Waals surface area contributed by atoms with Crippen molar-refractivity contribution < 1.29 is 9.47 Å².